The molecule has 1 aromatic carbocycles. The van der Waals surface area contributed by atoms with Crippen molar-refractivity contribution >= 4 is 0 Å². The van der Waals surface area contributed by atoms with Gasteiger partial charge in [0, 0.05) is 12.1 Å². The van der Waals surface area contributed by atoms with Crippen molar-refractivity contribution in [3.8, 4) is 17.2 Å². The first-order valence-electron chi connectivity index (χ1n) is 7.20. The zero-order valence-electron chi connectivity index (χ0n) is 12.0. The second kappa shape index (κ2) is 6.81. The van der Waals surface area contributed by atoms with Gasteiger partial charge in [0.05, 0.1) is 0 Å². The van der Waals surface area contributed by atoms with Gasteiger partial charge in [0.1, 0.15) is 0 Å². The van der Waals surface area contributed by atoms with Gasteiger partial charge in [-0.05, 0) is 57.9 Å². The Morgan fingerprint density at radius 1 is 1.15 bits per heavy atom. The Labute approximate surface area is 119 Å². The predicted octanol–water partition coefficient (Wildman–Crippen LogP) is 1.62. The maximum Gasteiger partial charge on any atom is 0.200 e. The summed E-state index contributed by atoms with van der Waals surface area (Å²) >= 11 is 0. The smallest absolute Gasteiger partial charge is 0.200 e. The topological polar surface area (TPSA) is 76.0 Å². The fourth-order valence-electron chi connectivity index (χ4n) is 2.63. The summed E-state index contributed by atoms with van der Waals surface area (Å²) in [6, 6.07) is 3.01. The Hall–Kier alpha value is -1.46. The molecule has 1 saturated heterocycles. The number of phenolic OH excluding ortho intramolecular Hbond substituents is 3. The number of aromatic hydroxyl groups is 3. The minimum absolute atomic E-state index is 0.239. The Morgan fingerprint density at radius 3 is 2.55 bits per heavy atom. The predicted molar refractivity (Wildman–Crippen MR) is 78.0 cm³/mol. The molecule has 0 spiro atoms. The number of likely N-dealkylation sites (tertiary alicyclic amines) is 1. The van der Waals surface area contributed by atoms with E-state index >= 15 is 0 Å². The standard InChI is InChI=1S/C15H24N2O3/c1-17-8-5-11(6-9-17)4-7-16-10-12-2-3-13(18)15(20)14(12)19/h2-3,11,16,18-20H,4-10H2,1H3. The highest BCUT2D eigenvalue weighted by molar-refractivity contribution is 5.52. The van der Waals surface area contributed by atoms with E-state index in [1.54, 1.807) is 6.07 Å². The van der Waals surface area contributed by atoms with E-state index in [4.69, 9.17) is 0 Å². The number of phenols is 3. The van der Waals surface area contributed by atoms with Crippen LogP contribution in [0.4, 0.5) is 0 Å². The van der Waals surface area contributed by atoms with Gasteiger partial charge in [-0.15, -0.1) is 0 Å². The van der Waals surface area contributed by atoms with Crippen molar-refractivity contribution < 1.29 is 15.3 Å². The van der Waals surface area contributed by atoms with Crippen LogP contribution in [0.1, 0.15) is 24.8 Å². The molecule has 0 amide bonds. The number of nitrogens with one attached hydrogen (secondary N) is 1. The third kappa shape index (κ3) is 3.77. The zero-order chi connectivity index (χ0) is 14.5. The molecule has 1 heterocycles. The number of piperidine rings is 1. The lowest BCUT2D eigenvalue weighted by Crippen LogP contribution is -2.31. The third-order valence-corrected chi connectivity index (χ3v) is 4.10. The van der Waals surface area contributed by atoms with Gasteiger partial charge in [0.2, 0.25) is 5.75 Å². The molecule has 5 nitrogen and oxygen atoms in total. The first kappa shape index (κ1) is 14.9. The Kier molecular flexibility index (Phi) is 5.09. The Balaban J connectivity index is 1.72. The van der Waals surface area contributed by atoms with E-state index in [0.717, 1.165) is 18.9 Å². The summed E-state index contributed by atoms with van der Waals surface area (Å²) in [6.45, 7) is 3.75. The van der Waals surface area contributed by atoms with Crippen molar-refractivity contribution in [3.63, 3.8) is 0 Å². The highest BCUT2D eigenvalue weighted by atomic mass is 16.3. The number of nitrogens with zero attached hydrogens (tertiary/aromatic N) is 1. The molecular formula is C15H24N2O3. The van der Waals surface area contributed by atoms with Crippen LogP contribution in [0.15, 0.2) is 12.1 Å². The van der Waals surface area contributed by atoms with E-state index in [0.29, 0.717) is 12.1 Å². The Morgan fingerprint density at radius 2 is 1.85 bits per heavy atom. The van der Waals surface area contributed by atoms with Gasteiger partial charge in [-0.25, -0.2) is 0 Å². The van der Waals surface area contributed by atoms with E-state index < -0.39 is 5.75 Å². The summed E-state index contributed by atoms with van der Waals surface area (Å²) in [5.74, 6) is -0.200. The molecule has 2 rings (SSSR count). The second-order valence-corrected chi connectivity index (χ2v) is 5.65. The molecule has 0 aliphatic carbocycles. The van der Waals surface area contributed by atoms with Crippen molar-refractivity contribution in [2.75, 3.05) is 26.7 Å². The van der Waals surface area contributed by atoms with Gasteiger partial charge < -0.3 is 25.5 Å². The molecule has 1 aliphatic heterocycles. The number of benzene rings is 1. The quantitative estimate of drug-likeness (QED) is 0.487. The third-order valence-electron chi connectivity index (χ3n) is 4.10. The lowest BCUT2D eigenvalue weighted by atomic mass is 9.94. The molecule has 112 valence electrons. The van der Waals surface area contributed by atoms with Crippen molar-refractivity contribution in [1.29, 1.82) is 0 Å². The number of hydrogen-bond acceptors (Lipinski definition) is 5. The summed E-state index contributed by atoms with van der Waals surface area (Å²) in [5.41, 5.74) is 0.601. The van der Waals surface area contributed by atoms with Crippen LogP contribution in [0, 0.1) is 5.92 Å². The van der Waals surface area contributed by atoms with Crippen LogP contribution in [0.5, 0.6) is 17.2 Å². The van der Waals surface area contributed by atoms with Crippen LogP contribution in [-0.4, -0.2) is 46.9 Å². The second-order valence-electron chi connectivity index (χ2n) is 5.65. The van der Waals surface area contributed by atoms with Crippen molar-refractivity contribution in [3.05, 3.63) is 17.7 Å². The van der Waals surface area contributed by atoms with Crippen LogP contribution in [-0.2, 0) is 6.54 Å². The molecule has 1 fully saturated rings. The maximum atomic E-state index is 9.70. The number of rotatable bonds is 5. The first-order valence-corrected chi connectivity index (χ1v) is 7.20. The SMILES string of the molecule is CN1CCC(CCNCc2ccc(O)c(O)c2O)CC1. The fourth-order valence-corrected chi connectivity index (χ4v) is 2.63. The van der Waals surface area contributed by atoms with Gasteiger partial charge in [-0.1, -0.05) is 6.07 Å². The molecule has 20 heavy (non-hydrogen) atoms. The molecule has 1 aliphatic rings. The van der Waals surface area contributed by atoms with Gasteiger partial charge in [0.25, 0.3) is 0 Å². The first-order chi connectivity index (χ1) is 9.58. The van der Waals surface area contributed by atoms with E-state index in [9.17, 15) is 15.3 Å². The molecule has 0 bridgehead atoms. The highest BCUT2D eigenvalue weighted by Crippen LogP contribution is 2.36. The average molecular weight is 280 g/mol. The van der Waals surface area contributed by atoms with Crippen molar-refractivity contribution in [1.82, 2.24) is 10.2 Å². The molecular weight excluding hydrogens is 256 g/mol. The molecule has 0 radical (unpaired) electrons. The maximum absolute atomic E-state index is 9.70. The molecule has 1 aromatic rings. The lowest BCUT2D eigenvalue weighted by Gasteiger charge is -2.28. The molecule has 4 N–H and O–H groups in total. The fraction of sp³-hybridized carbons (Fsp3) is 0.600. The van der Waals surface area contributed by atoms with Gasteiger partial charge in [0.15, 0.2) is 11.5 Å². The van der Waals surface area contributed by atoms with E-state index in [1.165, 1.54) is 32.0 Å². The van der Waals surface area contributed by atoms with Gasteiger partial charge in [-0.2, -0.15) is 0 Å². The average Bonchev–Trinajstić information content (AvgIpc) is 2.45. The Bertz CT molecular complexity index is 443. The molecule has 0 aromatic heterocycles. The van der Waals surface area contributed by atoms with Gasteiger partial charge in [-0.3, -0.25) is 0 Å². The summed E-state index contributed by atoms with van der Waals surface area (Å²) in [7, 11) is 2.16. The van der Waals surface area contributed by atoms with Crippen LogP contribution < -0.4 is 5.32 Å². The summed E-state index contributed by atoms with van der Waals surface area (Å²) < 4.78 is 0. The zero-order valence-corrected chi connectivity index (χ0v) is 12.0. The largest absolute Gasteiger partial charge is 0.504 e. The summed E-state index contributed by atoms with van der Waals surface area (Å²) in [5, 5.41) is 31.7. The highest BCUT2D eigenvalue weighted by Gasteiger charge is 2.16. The van der Waals surface area contributed by atoms with E-state index in [1.807, 2.05) is 0 Å². The lowest BCUT2D eigenvalue weighted by molar-refractivity contribution is 0.211. The molecule has 0 unspecified atom stereocenters. The van der Waals surface area contributed by atoms with Gasteiger partial charge >= 0.3 is 0 Å². The van der Waals surface area contributed by atoms with E-state index in [-0.39, 0.29) is 11.5 Å². The number of hydrogen-bond donors (Lipinski definition) is 4. The normalized spacial score (nSPS) is 17.4. The van der Waals surface area contributed by atoms with Crippen LogP contribution in [0.25, 0.3) is 0 Å². The molecule has 0 atom stereocenters. The van der Waals surface area contributed by atoms with Crippen molar-refractivity contribution in [2.45, 2.75) is 25.8 Å². The van der Waals surface area contributed by atoms with Crippen LogP contribution >= 0.6 is 0 Å². The van der Waals surface area contributed by atoms with Crippen LogP contribution in [0.2, 0.25) is 0 Å². The van der Waals surface area contributed by atoms with Crippen molar-refractivity contribution in [2.24, 2.45) is 5.92 Å². The van der Waals surface area contributed by atoms with E-state index in [2.05, 4.69) is 17.3 Å². The monoisotopic (exact) mass is 280 g/mol. The van der Waals surface area contributed by atoms with Crippen LogP contribution in [0.3, 0.4) is 0 Å². The summed E-state index contributed by atoms with van der Waals surface area (Å²) in [4.78, 5) is 2.36. The summed E-state index contributed by atoms with van der Waals surface area (Å²) in [6.07, 6.45) is 3.64. The molecule has 5 heteroatoms. The molecule has 0 saturated carbocycles. The minimum atomic E-state index is -0.445. The minimum Gasteiger partial charge on any atom is -0.504 e.